The molecule has 8 heteroatoms. The molecular formula is C54H97NO7. The fourth-order valence-corrected chi connectivity index (χ4v) is 7.53. The van der Waals surface area contributed by atoms with Crippen molar-refractivity contribution >= 4 is 17.9 Å². The lowest BCUT2D eigenvalue weighted by Gasteiger charge is -2.34. The number of carboxylic acids is 1. The second-order valence-corrected chi connectivity index (χ2v) is 18.4. The molecule has 0 amide bonds. The molecular weight excluding hydrogens is 775 g/mol. The van der Waals surface area contributed by atoms with Gasteiger partial charge in [-0.05, 0) is 51.4 Å². The van der Waals surface area contributed by atoms with Crippen molar-refractivity contribution in [3.05, 3.63) is 48.6 Å². The smallest absolute Gasteiger partial charge is 0.306 e. The molecule has 8 nitrogen and oxygen atoms in total. The van der Waals surface area contributed by atoms with Crippen LogP contribution in [0.1, 0.15) is 226 Å². The van der Waals surface area contributed by atoms with E-state index in [2.05, 4.69) is 62.5 Å². The number of carbonyl (C=O) groups is 3. The predicted molar refractivity (Wildman–Crippen MR) is 259 cm³/mol. The second kappa shape index (κ2) is 44.9. The first-order valence-electron chi connectivity index (χ1n) is 25.7. The number of hydrogen-bond donors (Lipinski definition) is 0. The van der Waals surface area contributed by atoms with E-state index in [-0.39, 0.29) is 42.7 Å². The van der Waals surface area contributed by atoms with Gasteiger partial charge in [-0.2, -0.15) is 0 Å². The van der Waals surface area contributed by atoms with Gasteiger partial charge in [-0.15, -0.1) is 0 Å². The topological polar surface area (TPSA) is 102 Å². The van der Waals surface area contributed by atoms with Gasteiger partial charge < -0.3 is 28.6 Å². The fourth-order valence-electron chi connectivity index (χ4n) is 7.53. The number of nitrogens with zero attached hydrogens (tertiary/aromatic N) is 1. The van der Waals surface area contributed by atoms with Crippen LogP contribution >= 0.6 is 0 Å². The highest BCUT2D eigenvalue weighted by Gasteiger charge is 2.25. The maximum absolute atomic E-state index is 12.8. The molecule has 0 fully saturated rings. The van der Waals surface area contributed by atoms with Crippen molar-refractivity contribution in [3.63, 3.8) is 0 Å². The van der Waals surface area contributed by atoms with E-state index < -0.39 is 18.1 Å². The molecule has 0 saturated heterocycles. The van der Waals surface area contributed by atoms with E-state index in [9.17, 15) is 19.5 Å². The zero-order valence-corrected chi connectivity index (χ0v) is 41.0. The molecule has 0 rings (SSSR count). The van der Waals surface area contributed by atoms with Gasteiger partial charge in [0.25, 0.3) is 0 Å². The van der Waals surface area contributed by atoms with Crippen LogP contribution in [0.5, 0.6) is 0 Å². The zero-order valence-electron chi connectivity index (χ0n) is 41.0. The number of ether oxygens (including phenoxy) is 3. The van der Waals surface area contributed by atoms with Crippen LogP contribution in [0.3, 0.4) is 0 Å². The molecule has 0 N–H and O–H groups in total. The molecule has 0 radical (unpaired) electrons. The third-order valence-corrected chi connectivity index (χ3v) is 11.5. The summed E-state index contributed by atoms with van der Waals surface area (Å²) in [6.07, 6.45) is 54.2. The van der Waals surface area contributed by atoms with E-state index >= 15 is 0 Å². The van der Waals surface area contributed by atoms with E-state index in [0.29, 0.717) is 12.8 Å². The Morgan fingerprint density at radius 3 is 1.34 bits per heavy atom. The highest BCUT2D eigenvalue weighted by atomic mass is 16.6. The van der Waals surface area contributed by atoms with E-state index in [1.807, 2.05) is 0 Å². The molecule has 0 aliphatic heterocycles. The monoisotopic (exact) mass is 872 g/mol. The second-order valence-electron chi connectivity index (χ2n) is 18.4. The summed E-state index contributed by atoms with van der Waals surface area (Å²) < 4.78 is 17.2. The summed E-state index contributed by atoms with van der Waals surface area (Å²) in [5, 5.41) is 11.7. The van der Waals surface area contributed by atoms with Gasteiger partial charge in [-0.3, -0.25) is 9.59 Å². The number of likely N-dealkylation sites (N-methyl/N-ethyl adjacent to an activating group) is 1. The molecule has 62 heavy (non-hydrogen) atoms. The molecule has 0 aromatic carbocycles. The van der Waals surface area contributed by atoms with E-state index in [4.69, 9.17) is 14.2 Å². The first kappa shape index (κ1) is 59.3. The van der Waals surface area contributed by atoms with Crippen molar-refractivity contribution < 1.29 is 38.2 Å². The van der Waals surface area contributed by atoms with E-state index in [1.165, 1.54) is 128 Å². The molecule has 360 valence electrons. The third-order valence-electron chi connectivity index (χ3n) is 11.5. The number of rotatable bonds is 46. The lowest BCUT2D eigenvalue weighted by Crippen LogP contribution is -2.55. The summed E-state index contributed by atoms with van der Waals surface area (Å²) in [6.45, 7) is 4.57. The van der Waals surface area contributed by atoms with Crippen molar-refractivity contribution in [1.82, 2.24) is 0 Å². The Kier molecular flexibility index (Phi) is 42.9. The van der Waals surface area contributed by atoms with Gasteiger partial charge in [0.2, 0.25) is 0 Å². The van der Waals surface area contributed by atoms with Gasteiger partial charge in [0.15, 0.2) is 6.10 Å². The summed E-state index contributed by atoms with van der Waals surface area (Å²) >= 11 is 0. The first-order chi connectivity index (χ1) is 30.1. The molecule has 0 aliphatic carbocycles. The van der Waals surface area contributed by atoms with Gasteiger partial charge in [-0.1, -0.05) is 204 Å². The average Bonchev–Trinajstić information content (AvgIpc) is 3.23. The summed E-state index contributed by atoms with van der Waals surface area (Å²) in [6, 6.07) is -0.726. The highest BCUT2D eigenvalue weighted by molar-refractivity contribution is 5.70. The molecule has 0 spiro atoms. The van der Waals surface area contributed by atoms with Crippen LogP contribution in [-0.4, -0.2) is 75.5 Å². The maximum atomic E-state index is 12.8. The summed E-state index contributed by atoms with van der Waals surface area (Å²) in [5.41, 5.74) is 0. The Morgan fingerprint density at radius 1 is 0.500 bits per heavy atom. The Balaban J connectivity index is 4.22. The quantitative estimate of drug-likeness (QED) is 0.0260. The molecule has 0 aliphatic rings. The van der Waals surface area contributed by atoms with Crippen LogP contribution in [0, 0.1) is 0 Å². The maximum Gasteiger partial charge on any atom is 0.306 e. The normalized spacial score (nSPS) is 13.2. The van der Waals surface area contributed by atoms with Crippen molar-refractivity contribution in [2.75, 3.05) is 41.0 Å². The fraction of sp³-hybridized carbons (Fsp3) is 0.796. The standard InChI is InChI=1S/C54H97NO7/c1-6-8-10-12-14-16-18-20-22-23-24-25-26-27-28-29-31-33-35-37-39-41-43-45-53(57)62-50(48-60-47-46-51(54(58)59)55(3,4)5)49-61-52(56)44-42-40-38-36-34-32-30-21-19-17-15-13-11-9-7-2/h8,10,14,16,20,22,24-25,50-51H,6-7,9,11-13,15,17-19,21,23,26-49H2,1-5H3/b10-8-,16-14-,22-20-,25-24-. The molecule has 2 unspecified atom stereocenters. The molecule has 0 aromatic rings. The van der Waals surface area contributed by atoms with Gasteiger partial charge in [-0.25, -0.2) is 0 Å². The van der Waals surface area contributed by atoms with Crippen molar-refractivity contribution in [2.45, 2.75) is 238 Å². The van der Waals surface area contributed by atoms with Crippen LogP contribution in [0.15, 0.2) is 48.6 Å². The number of unbranched alkanes of at least 4 members (excludes halogenated alkanes) is 24. The minimum atomic E-state index is -1.12. The minimum Gasteiger partial charge on any atom is -0.544 e. The minimum absolute atomic E-state index is 0.0410. The Hall–Kier alpha value is -2.71. The lowest BCUT2D eigenvalue weighted by molar-refractivity contribution is -0.889. The summed E-state index contributed by atoms with van der Waals surface area (Å²) in [4.78, 5) is 37.0. The molecule has 2 atom stereocenters. The predicted octanol–water partition coefficient (Wildman–Crippen LogP) is 13.4. The van der Waals surface area contributed by atoms with Crippen LogP contribution < -0.4 is 5.11 Å². The Bertz CT molecular complexity index is 1150. The lowest BCUT2D eigenvalue weighted by atomic mass is 10.0. The Morgan fingerprint density at radius 2 is 0.903 bits per heavy atom. The number of quaternary nitrogens is 1. The number of hydrogen-bond acceptors (Lipinski definition) is 7. The van der Waals surface area contributed by atoms with Crippen molar-refractivity contribution in [3.8, 4) is 0 Å². The molecule has 0 aromatic heterocycles. The molecule has 0 bridgehead atoms. The summed E-state index contributed by atoms with van der Waals surface area (Å²) in [5.74, 6) is -1.73. The summed E-state index contributed by atoms with van der Waals surface area (Å²) in [7, 11) is 5.42. The van der Waals surface area contributed by atoms with Gasteiger partial charge in [0.05, 0.1) is 40.3 Å². The zero-order chi connectivity index (χ0) is 45.6. The number of carboxylic acid groups (broad SMARTS) is 1. The average molecular weight is 872 g/mol. The van der Waals surface area contributed by atoms with Crippen LogP contribution in [0.25, 0.3) is 0 Å². The van der Waals surface area contributed by atoms with E-state index in [0.717, 1.165) is 64.2 Å². The SMILES string of the molecule is CC/C=C\C/C=C\C/C=C\C/C=C\CCCCCCCCCCCCC(=O)OC(COCCC(C(=O)[O-])[N+](C)(C)C)COC(=O)CCCCCCCCCCCCCCCCC. The largest absolute Gasteiger partial charge is 0.544 e. The van der Waals surface area contributed by atoms with Crippen LogP contribution in [-0.2, 0) is 28.6 Å². The molecule has 0 saturated carbocycles. The van der Waals surface area contributed by atoms with Crippen molar-refractivity contribution in [1.29, 1.82) is 0 Å². The molecule has 0 heterocycles. The van der Waals surface area contributed by atoms with Crippen LogP contribution in [0.4, 0.5) is 0 Å². The van der Waals surface area contributed by atoms with Crippen molar-refractivity contribution in [2.24, 2.45) is 0 Å². The van der Waals surface area contributed by atoms with E-state index in [1.54, 1.807) is 21.1 Å². The first-order valence-corrected chi connectivity index (χ1v) is 25.7. The number of allylic oxidation sites excluding steroid dienone is 8. The van der Waals surface area contributed by atoms with Gasteiger partial charge in [0.1, 0.15) is 12.6 Å². The highest BCUT2D eigenvalue weighted by Crippen LogP contribution is 2.16. The van der Waals surface area contributed by atoms with Gasteiger partial charge in [0, 0.05) is 19.3 Å². The number of carbonyl (C=O) groups excluding carboxylic acids is 3. The van der Waals surface area contributed by atoms with Gasteiger partial charge >= 0.3 is 11.9 Å². The Labute approximate surface area is 382 Å². The van der Waals surface area contributed by atoms with Crippen LogP contribution in [0.2, 0.25) is 0 Å². The third kappa shape index (κ3) is 42.6. The number of aliphatic carboxylic acids is 1. The number of esters is 2.